The fraction of sp³-hybridized carbons (Fsp3) is 0.312. The number of pyridine rings is 1. The minimum Gasteiger partial charge on any atom is -0.497 e. The highest BCUT2D eigenvalue weighted by molar-refractivity contribution is 5.35. The third-order valence-electron chi connectivity index (χ3n) is 2.78. The van der Waals surface area contributed by atoms with Crippen molar-refractivity contribution in [3.05, 3.63) is 48.3 Å². The van der Waals surface area contributed by atoms with Crippen molar-refractivity contribution in [1.29, 1.82) is 0 Å². The lowest BCUT2D eigenvalue weighted by molar-refractivity contribution is 0.412. The number of benzene rings is 1. The Morgan fingerprint density at radius 1 is 1.05 bits per heavy atom. The van der Waals surface area contributed by atoms with Crippen molar-refractivity contribution in [2.45, 2.75) is 26.4 Å². The fourth-order valence-corrected chi connectivity index (χ4v) is 1.72. The van der Waals surface area contributed by atoms with E-state index < -0.39 is 0 Å². The second kappa shape index (κ2) is 6.91. The van der Waals surface area contributed by atoms with Crippen LogP contribution in [0.3, 0.4) is 0 Å². The summed E-state index contributed by atoms with van der Waals surface area (Å²) in [5, 5.41) is 3.36. The molecule has 0 spiro atoms. The Morgan fingerprint density at radius 2 is 1.75 bits per heavy atom. The summed E-state index contributed by atoms with van der Waals surface area (Å²) in [7, 11) is 1.64. The third kappa shape index (κ3) is 4.24. The van der Waals surface area contributed by atoms with Gasteiger partial charge in [0.05, 0.1) is 13.3 Å². The summed E-state index contributed by atoms with van der Waals surface area (Å²) in [6.07, 6.45) is 3.55. The topological polar surface area (TPSA) is 43.4 Å². The predicted molar refractivity (Wildman–Crippen MR) is 79.3 cm³/mol. The zero-order valence-electron chi connectivity index (χ0n) is 12.1. The van der Waals surface area contributed by atoms with Crippen molar-refractivity contribution in [2.75, 3.05) is 7.11 Å². The quantitative estimate of drug-likeness (QED) is 0.875. The third-order valence-corrected chi connectivity index (χ3v) is 2.78. The van der Waals surface area contributed by atoms with E-state index in [0.29, 0.717) is 6.04 Å². The number of nitrogens with one attached hydrogen (secondary N) is 1. The van der Waals surface area contributed by atoms with Gasteiger partial charge in [-0.15, -0.1) is 0 Å². The molecule has 0 aliphatic carbocycles. The Morgan fingerprint density at radius 3 is 2.40 bits per heavy atom. The van der Waals surface area contributed by atoms with Gasteiger partial charge in [0.2, 0.25) is 0 Å². The van der Waals surface area contributed by atoms with Crippen molar-refractivity contribution in [1.82, 2.24) is 10.3 Å². The molecule has 0 saturated carbocycles. The van der Waals surface area contributed by atoms with Crippen LogP contribution in [0.2, 0.25) is 0 Å². The first kappa shape index (κ1) is 14.3. The summed E-state index contributed by atoms with van der Waals surface area (Å²) >= 11 is 0. The van der Waals surface area contributed by atoms with E-state index in [2.05, 4.69) is 24.1 Å². The predicted octanol–water partition coefficient (Wildman–Crippen LogP) is 3.38. The van der Waals surface area contributed by atoms with Gasteiger partial charge in [-0.2, -0.15) is 0 Å². The fourth-order valence-electron chi connectivity index (χ4n) is 1.72. The first-order chi connectivity index (χ1) is 9.67. The number of nitrogens with zero attached hydrogens (tertiary/aromatic N) is 1. The molecule has 20 heavy (non-hydrogen) atoms. The molecule has 0 amide bonds. The van der Waals surface area contributed by atoms with Crippen LogP contribution in [0.5, 0.6) is 17.2 Å². The van der Waals surface area contributed by atoms with Gasteiger partial charge in [0.15, 0.2) is 0 Å². The lowest BCUT2D eigenvalue weighted by Crippen LogP contribution is -2.21. The zero-order valence-corrected chi connectivity index (χ0v) is 12.1. The Hall–Kier alpha value is -2.07. The number of ether oxygens (including phenoxy) is 2. The van der Waals surface area contributed by atoms with Crippen LogP contribution in [0.25, 0.3) is 0 Å². The molecule has 4 heteroatoms. The summed E-state index contributed by atoms with van der Waals surface area (Å²) in [6.45, 7) is 5.01. The van der Waals surface area contributed by atoms with Gasteiger partial charge in [0.25, 0.3) is 0 Å². The van der Waals surface area contributed by atoms with Crippen LogP contribution in [-0.4, -0.2) is 18.1 Å². The molecule has 0 bridgehead atoms. The van der Waals surface area contributed by atoms with Crippen molar-refractivity contribution in [3.8, 4) is 17.2 Å². The van der Waals surface area contributed by atoms with Crippen molar-refractivity contribution in [3.63, 3.8) is 0 Å². The molecule has 1 heterocycles. The van der Waals surface area contributed by atoms with Gasteiger partial charge in [-0.3, -0.25) is 4.98 Å². The van der Waals surface area contributed by atoms with Gasteiger partial charge >= 0.3 is 0 Å². The molecule has 4 nitrogen and oxygen atoms in total. The van der Waals surface area contributed by atoms with Gasteiger partial charge in [-0.05, 0) is 35.9 Å². The molecule has 0 unspecified atom stereocenters. The molecule has 106 valence electrons. The van der Waals surface area contributed by atoms with Gasteiger partial charge < -0.3 is 14.8 Å². The standard InChI is InChI=1S/C16H20N2O2/c1-12(2)18-10-13-8-16(11-17-9-13)20-15-6-4-14(19-3)5-7-15/h4-9,11-12,18H,10H2,1-3H3. The van der Waals surface area contributed by atoms with Gasteiger partial charge in [-0.25, -0.2) is 0 Å². The molecule has 0 atom stereocenters. The SMILES string of the molecule is COc1ccc(Oc2cncc(CNC(C)C)c2)cc1. The van der Waals surface area contributed by atoms with Crippen LogP contribution < -0.4 is 14.8 Å². The maximum Gasteiger partial charge on any atom is 0.146 e. The summed E-state index contributed by atoms with van der Waals surface area (Å²) < 4.78 is 10.9. The lowest BCUT2D eigenvalue weighted by Gasteiger charge is -2.10. The molecule has 2 aromatic rings. The average Bonchev–Trinajstić information content (AvgIpc) is 2.46. The molecule has 1 aromatic carbocycles. The Bertz CT molecular complexity index is 538. The molecule has 1 aromatic heterocycles. The first-order valence-electron chi connectivity index (χ1n) is 6.66. The van der Waals surface area contributed by atoms with Crippen LogP contribution in [0, 0.1) is 0 Å². The minimum absolute atomic E-state index is 0.446. The largest absolute Gasteiger partial charge is 0.497 e. The monoisotopic (exact) mass is 272 g/mol. The van der Waals surface area contributed by atoms with Crippen LogP contribution in [0.1, 0.15) is 19.4 Å². The Balaban J connectivity index is 2.02. The van der Waals surface area contributed by atoms with E-state index in [0.717, 1.165) is 29.4 Å². The minimum atomic E-state index is 0.446. The van der Waals surface area contributed by atoms with E-state index in [4.69, 9.17) is 9.47 Å². The maximum absolute atomic E-state index is 5.78. The molecule has 0 fully saturated rings. The Labute approximate surface area is 119 Å². The highest BCUT2D eigenvalue weighted by atomic mass is 16.5. The van der Waals surface area contributed by atoms with E-state index in [1.165, 1.54) is 0 Å². The second-order valence-corrected chi connectivity index (χ2v) is 4.84. The number of hydrogen-bond acceptors (Lipinski definition) is 4. The van der Waals surface area contributed by atoms with E-state index in [1.54, 1.807) is 13.3 Å². The van der Waals surface area contributed by atoms with Crippen LogP contribution in [0.15, 0.2) is 42.7 Å². The normalized spacial score (nSPS) is 10.6. The molecular formula is C16H20N2O2. The second-order valence-electron chi connectivity index (χ2n) is 4.84. The summed E-state index contributed by atoms with van der Waals surface area (Å²) in [5.41, 5.74) is 1.10. The number of methoxy groups -OCH3 is 1. The average molecular weight is 272 g/mol. The Kier molecular flexibility index (Phi) is 4.96. The van der Waals surface area contributed by atoms with Crippen LogP contribution in [-0.2, 0) is 6.54 Å². The molecule has 0 aliphatic rings. The van der Waals surface area contributed by atoms with Crippen molar-refractivity contribution in [2.24, 2.45) is 0 Å². The van der Waals surface area contributed by atoms with E-state index in [9.17, 15) is 0 Å². The van der Waals surface area contributed by atoms with Crippen molar-refractivity contribution < 1.29 is 9.47 Å². The van der Waals surface area contributed by atoms with Crippen LogP contribution in [0.4, 0.5) is 0 Å². The number of aromatic nitrogens is 1. The number of hydrogen-bond donors (Lipinski definition) is 1. The molecule has 0 saturated heterocycles. The maximum atomic E-state index is 5.78. The molecular weight excluding hydrogens is 252 g/mol. The molecule has 0 aliphatic heterocycles. The summed E-state index contributed by atoms with van der Waals surface area (Å²) in [6, 6.07) is 9.92. The summed E-state index contributed by atoms with van der Waals surface area (Å²) in [5.74, 6) is 2.31. The zero-order chi connectivity index (χ0) is 14.4. The van der Waals surface area contributed by atoms with E-state index in [-0.39, 0.29) is 0 Å². The smallest absolute Gasteiger partial charge is 0.146 e. The first-order valence-corrected chi connectivity index (χ1v) is 6.66. The highest BCUT2D eigenvalue weighted by Crippen LogP contribution is 2.23. The molecule has 2 rings (SSSR count). The van der Waals surface area contributed by atoms with E-state index >= 15 is 0 Å². The molecule has 0 radical (unpaired) electrons. The molecule has 1 N–H and O–H groups in total. The van der Waals surface area contributed by atoms with Gasteiger partial charge in [-0.1, -0.05) is 13.8 Å². The number of rotatable bonds is 6. The van der Waals surface area contributed by atoms with Gasteiger partial charge in [0, 0.05) is 18.8 Å². The van der Waals surface area contributed by atoms with Crippen LogP contribution >= 0.6 is 0 Å². The lowest BCUT2D eigenvalue weighted by atomic mass is 10.2. The highest BCUT2D eigenvalue weighted by Gasteiger charge is 2.01. The summed E-state index contributed by atoms with van der Waals surface area (Å²) in [4.78, 5) is 4.20. The van der Waals surface area contributed by atoms with Gasteiger partial charge in [0.1, 0.15) is 17.2 Å². The van der Waals surface area contributed by atoms with E-state index in [1.807, 2.05) is 36.5 Å². The van der Waals surface area contributed by atoms with Crippen molar-refractivity contribution >= 4 is 0 Å².